The standard InChI is InChI=1S/C13H27NO/c1-11(6-9-15-5)13(7-8-13)10-14-12(2,3)4/h11,14H,6-10H2,1-5H3. The number of ether oxygens (including phenoxy) is 1. The van der Waals surface area contributed by atoms with Crippen molar-refractivity contribution in [1.29, 1.82) is 0 Å². The molecule has 1 fully saturated rings. The monoisotopic (exact) mass is 213 g/mol. The number of hydrogen-bond donors (Lipinski definition) is 1. The van der Waals surface area contributed by atoms with Gasteiger partial charge in [0.25, 0.3) is 0 Å². The van der Waals surface area contributed by atoms with Crippen molar-refractivity contribution in [3.05, 3.63) is 0 Å². The maximum Gasteiger partial charge on any atom is 0.0465 e. The van der Waals surface area contributed by atoms with E-state index < -0.39 is 0 Å². The van der Waals surface area contributed by atoms with Gasteiger partial charge in [-0.2, -0.15) is 0 Å². The Kier molecular flexibility index (Phi) is 4.19. The maximum atomic E-state index is 5.16. The molecule has 0 heterocycles. The molecule has 0 aromatic heterocycles. The van der Waals surface area contributed by atoms with Gasteiger partial charge in [-0.1, -0.05) is 6.92 Å². The molecule has 1 unspecified atom stereocenters. The zero-order valence-electron chi connectivity index (χ0n) is 11.0. The molecule has 0 aromatic carbocycles. The van der Waals surface area contributed by atoms with E-state index in [-0.39, 0.29) is 5.54 Å². The van der Waals surface area contributed by atoms with E-state index in [2.05, 4.69) is 33.0 Å². The summed E-state index contributed by atoms with van der Waals surface area (Å²) in [5.74, 6) is 0.785. The topological polar surface area (TPSA) is 21.3 Å². The zero-order valence-corrected chi connectivity index (χ0v) is 11.0. The van der Waals surface area contributed by atoms with Crippen molar-refractivity contribution in [2.75, 3.05) is 20.3 Å². The van der Waals surface area contributed by atoms with Gasteiger partial charge < -0.3 is 10.1 Å². The molecule has 0 spiro atoms. The van der Waals surface area contributed by atoms with Crippen molar-refractivity contribution < 1.29 is 4.74 Å². The molecule has 0 amide bonds. The van der Waals surface area contributed by atoms with Gasteiger partial charge in [0.05, 0.1) is 0 Å². The van der Waals surface area contributed by atoms with Crippen molar-refractivity contribution in [2.45, 2.75) is 52.5 Å². The molecule has 1 aliphatic carbocycles. The minimum absolute atomic E-state index is 0.247. The highest BCUT2D eigenvalue weighted by Crippen LogP contribution is 2.52. The van der Waals surface area contributed by atoms with E-state index >= 15 is 0 Å². The van der Waals surface area contributed by atoms with E-state index in [0.29, 0.717) is 5.41 Å². The molecular weight excluding hydrogens is 186 g/mol. The average Bonchev–Trinajstić information content (AvgIpc) is 2.91. The van der Waals surface area contributed by atoms with Gasteiger partial charge in [-0.15, -0.1) is 0 Å². The molecule has 90 valence electrons. The Bertz CT molecular complexity index is 191. The van der Waals surface area contributed by atoms with E-state index in [0.717, 1.165) is 12.5 Å². The van der Waals surface area contributed by atoms with Gasteiger partial charge in [0, 0.05) is 25.8 Å². The quantitative estimate of drug-likeness (QED) is 0.732. The van der Waals surface area contributed by atoms with Gasteiger partial charge in [0.1, 0.15) is 0 Å². The molecule has 0 aromatic rings. The first-order chi connectivity index (χ1) is 6.90. The van der Waals surface area contributed by atoms with Gasteiger partial charge in [-0.05, 0) is 51.4 Å². The van der Waals surface area contributed by atoms with Crippen molar-refractivity contribution in [1.82, 2.24) is 5.32 Å². The largest absolute Gasteiger partial charge is 0.385 e. The Hall–Kier alpha value is -0.0800. The van der Waals surface area contributed by atoms with E-state index in [9.17, 15) is 0 Å². The lowest BCUT2D eigenvalue weighted by atomic mass is 9.87. The normalized spacial score (nSPS) is 21.4. The van der Waals surface area contributed by atoms with Crippen LogP contribution in [0.3, 0.4) is 0 Å². The van der Waals surface area contributed by atoms with Crippen LogP contribution in [-0.4, -0.2) is 25.8 Å². The maximum absolute atomic E-state index is 5.16. The van der Waals surface area contributed by atoms with Crippen LogP contribution in [0.4, 0.5) is 0 Å². The van der Waals surface area contributed by atoms with Gasteiger partial charge in [0.15, 0.2) is 0 Å². The van der Waals surface area contributed by atoms with Crippen LogP contribution in [0.15, 0.2) is 0 Å². The summed E-state index contributed by atoms with van der Waals surface area (Å²) in [6.45, 7) is 11.2. The molecule has 2 nitrogen and oxygen atoms in total. The Morgan fingerprint density at radius 1 is 1.33 bits per heavy atom. The predicted octanol–water partition coefficient (Wildman–Crippen LogP) is 2.83. The molecule has 1 atom stereocenters. The van der Waals surface area contributed by atoms with Crippen molar-refractivity contribution in [3.63, 3.8) is 0 Å². The SMILES string of the molecule is COCCC(C)C1(CNC(C)(C)C)CC1. The van der Waals surface area contributed by atoms with Crippen LogP contribution < -0.4 is 5.32 Å². The molecule has 2 heteroatoms. The molecule has 1 aliphatic rings. The summed E-state index contributed by atoms with van der Waals surface area (Å²) in [6.07, 6.45) is 3.98. The van der Waals surface area contributed by atoms with Crippen molar-refractivity contribution >= 4 is 0 Å². The summed E-state index contributed by atoms with van der Waals surface area (Å²) in [6, 6.07) is 0. The number of rotatable bonds is 6. The second kappa shape index (κ2) is 4.84. The fourth-order valence-electron chi connectivity index (χ4n) is 2.05. The fourth-order valence-corrected chi connectivity index (χ4v) is 2.05. The molecule has 0 radical (unpaired) electrons. The lowest BCUT2D eigenvalue weighted by molar-refractivity contribution is 0.156. The third-order valence-electron chi connectivity index (χ3n) is 3.66. The Balaban J connectivity index is 2.32. The third-order valence-corrected chi connectivity index (χ3v) is 3.66. The highest BCUT2D eigenvalue weighted by molar-refractivity contribution is 4.99. The van der Waals surface area contributed by atoms with Crippen LogP contribution in [0, 0.1) is 11.3 Å². The van der Waals surface area contributed by atoms with Gasteiger partial charge in [-0.3, -0.25) is 0 Å². The molecule has 1 N–H and O–H groups in total. The molecule has 0 aliphatic heterocycles. The minimum atomic E-state index is 0.247. The summed E-state index contributed by atoms with van der Waals surface area (Å²) < 4.78 is 5.16. The van der Waals surface area contributed by atoms with Crippen molar-refractivity contribution in [2.24, 2.45) is 11.3 Å². The summed E-state index contributed by atoms with van der Waals surface area (Å²) in [7, 11) is 1.79. The molecule has 15 heavy (non-hydrogen) atoms. The van der Waals surface area contributed by atoms with Gasteiger partial charge >= 0.3 is 0 Å². The highest BCUT2D eigenvalue weighted by Gasteiger charge is 2.46. The van der Waals surface area contributed by atoms with Crippen LogP contribution in [0.5, 0.6) is 0 Å². The number of methoxy groups -OCH3 is 1. The second-order valence-corrected chi connectivity index (χ2v) is 6.15. The van der Waals surface area contributed by atoms with E-state index in [4.69, 9.17) is 4.74 Å². The number of hydrogen-bond acceptors (Lipinski definition) is 2. The Morgan fingerprint density at radius 2 is 1.93 bits per heavy atom. The lowest BCUT2D eigenvalue weighted by Crippen LogP contribution is -2.41. The van der Waals surface area contributed by atoms with E-state index in [1.165, 1.54) is 25.8 Å². The third kappa shape index (κ3) is 4.12. The molecular formula is C13H27NO. The van der Waals surface area contributed by atoms with Crippen LogP contribution in [0.2, 0.25) is 0 Å². The first kappa shape index (κ1) is 13.0. The molecule has 1 saturated carbocycles. The molecule has 0 bridgehead atoms. The first-order valence-corrected chi connectivity index (χ1v) is 6.14. The summed E-state index contributed by atoms with van der Waals surface area (Å²) in [5.41, 5.74) is 0.822. The summed E-state index contributed by atoms with van der Waals surface area (Å²) in [4.78, 5) is 0. The lowest BCUT2D eigenvalue weighted by Gasteiger charge is -2.29. The van der Waals surface area contributed by atoms with Gasteiger partial charge in [0.2, 0.25) is 0 Å². The zero-order chi connectivity index (χ0) is 11.5. The van der Waals surface area contributed by atoms with Crippen LogP contribution >= 0.6 is 0 Å². The summed E-state index contributed by atoms with van der Waals surface area (Å²) >= 11 is 0. The average molecular weight is 213 g/mol. The van der Waals surface area contributed by atoms with Crippen LogP contribution in [-0.2, 0) is 4.74 Å². The fraction of sp³-hybridized carbons (Fsp3) is 1.00. The van der Waals surface area contributed by atoms with Gasteiger partial charge in [-0.25, -0.2) is 0 Å². The Labute approximate surface area is 94.8 Å². The van der Waals surface area contributed by atoms with E-state index in [1.807, 2.05) is 0 Å². The Morgan fingerprint density at radius 3 is 2.33 bits per heavy atom. The predicted molar refractivity (Wildman–Crippen MR) is 65.1 cm³/mol. The smallest absolute Gasteiger partial charge is 0.0465 e. The van der Waals surface area contributed by atoms with E-state index in [1.54, 1.807) is 7.11 Å². The van der Waals surface area contributed by atoms with Crippen LogP contribution in [0.25, 0.3) is 0 Å². The first-order valence-electron chi connectivity index (χ1n) is 6.14. The molecule has 0 saturated heterocycles. The minimum Gasteiger partial charge on any atom is -0.385 e. The summed E-state index contributed by atoms with van der Waals surface area (Å²) in [5, 5.41) is 3.64. The second-order valence-electron chi connectivity index (χ2n) is 6.15. The molecule has 1 rings (SSSR count). The highest BCUT2D eigenvalue weighted by atomic mass is 16.5. The van der Waals surface area contributed by atoms with Crippen LogP contribution in [0.1, 0.15) is 47.0 Å². The number of nitrogens with one attached hydrogen (secondary N) is 1. The van der Waals surface area contributed by atoms with Crippen molar-refractivity contribution in [3.8, 4) is 0 Å².